The van der Waals surface area contributed by atoms with E-state index in [4.69, 9.17) is 14.7 Å². The van der Waals surface area contributed by atoms with Gasteiger partial charge < -0.3 is 10.1 Å². The van der Waals surface area contributed by atoms with Crippen LogP contribution < -0.4 is 10.1 Å². The Morgan fingerprint density at radius 1 is 0.938 bits per heavy atom. The van der Waals surface area contributed by atoms with Gasteiger partial charge in [0.25, 0.3) is 0 Å². The number of carbonyl (C=O) groups excluding carboxylic acids is 1. The number of aryl methyl sites for hydroxylation is 1. The van der Waals surface area contributed by atoms with Crippen LogP contribution in [0, 0.1) is 0 Å². The molecule has 1 amide bonds. The quantitative estimate of drug-likeness (QED) is 0.363. The van der Waals surface area contributed by atoms with E-state index in [0.717, 1.165) is 45.2 Å². The smallest absolute Gasteiger partial charge is 0.234 e. The highest BCUT2D eigenvalue weighted by atomic mass is 32.2. The fourth-order valence-electron chi connectivity index (χ4n) is 3.44. The third-order valence-corrected chi connectivity index (χ3v) is 6.15. The normalized spacial score (nSPS) is 10.8. The fourth-order valence-corrected chi connectivity index (χ4v) is 4.22. The summed E-state index contributed by atoms with van der Waals surface area (Å²) in [7, 11) is 1.66. The standard InChI is InChI=1S/C26H25N3O2S/c1-3-18-12-14-20(15-13-18)27-25(30)17-32-26-23(16-19-8-4-7-11-24(19)31-2)28-21-9-5-6-10-22(21)29-26/h4-15H,3,16-17H2,1-2H3,(H,27,30). The van der Waals surface area contributed by atoms with E-state index in [1.54, 1.807) is 7.11 Å². The number of para-hydroxylation sites is 3. The monoisotopic (exact) mass is 443 g/mol. The number of anilines is 1. The fraction of sp³-hybridized carbons (Fsp3) is 0.192. The molecule has 0 bridgehead atoms. The van der Waals surface area contributed by atoms with Crippen LogP contribution in [0.1, 0.15) is 23.7 Å². The van der Waals surface area contributed by atoms with E-state index in [2.05, 4.69) is 12.2 Å². The highest BCUT2D eigenvalue weighted by Gasteiger charge is 2.14. The highest BCUT2D eigenvalue weighted by Crippen LogP contribution is 2.27. The molecule has 0 saturated heterocycles. The molecule has 0 unspecified atom stereocenters. The Morgan fingerprint density at radius 2 is 1.62 bits per heavy atom. The summed E-state index contributed by atoms with van der Waals surface area (Å²) in [5, 5.41) is 3.72. The van der Waals surface area contributed by atoms with Crippen LogP contribution in [0.2, 0.25) is 0 Å². The zero-order valence-corrected chi connectivity index (χ0v) is 19.0. The maximum Gasteiger partial charge on any atom is 0.234 e. The second-order valence-corrected chi connectivity index (χ2v) is 8.30. The van der Waals surface area contributed by atoms with Crippen LogP contribution >= 0.6 is 11.8 Å². The van der Waals surface area contributed by atoms with E-state index < -0.39 is 0 Å². The van der Waals surface area contributed by atoms with E-state index in [0.29, 0.717) is 6.42 Å². The number of carbonyl (C=O) groups is 1. The molecule has 5 nitrogen and oxygen atoms in total. The van der Waals surface area contributed by atoms with Gasteiger partial charge in [0, 0.05) is 17.7 Å². The third kappa shape index (κ3) is 5.26. The zero-order chi connectivity index (χ0) is 22.3. The number of methoxy groups -OCH3 is 1. The minimum Gasteiger partial charge on any atom is -0.496 e. The van der Waals surface area contributed by atoms with Gasteiger partial charge in [-0.1, -0.05) is 61.2 Å². The molecule has 0 atom stereocenters. The van der Waals surface area contributed by atoms with Crippen LogP contribution in [0.3, 0.4) is 0 Å². The van der Waals surface area contributed by atoms with Gasteiger partial charge in [-0.3, -0.25) is 4.79 Å². The molecule has 0 fully saturated rings. The number of nitrogens with one attached hydrogen (secondary N) is 1. The van der Waals surface area contributed by atoms with E-state index in [1.165, 1.54) is 17.3 Å². The number of nitrogens with zero attached hydrogens (tertiary/aromatic N) is 2. The Labute approximate surface area is 192 Å². The largest absolute Gasteiger partial charge is 0.496 e. The average molecular weight is 444 g/mol. The van der Waals surface area contributed by atoms with Gasteiger partial charge in [0.15, 0.2) is 0 Å². The number of aromatic nitrogens is 2. The predicted molar refractivity (Wildman–Crippen MR) is 131 cm³/mol. The Hall–Kier alpha value is -3.38. The Morgan fingerprint density at radius 3 is 2.34 bits per heavy atom. The minimum atomic E-state index is -0.0718. The average Bonchev–Trinajstić information content (AvgIpc) is 2.83. The van der Waals surface area contributed by atoms with Crippen molar-refractivity contribution in [3.63, 3.8) is 0 Å². The molecule has 4 rings (SSSR count). The molecule has 0 aliphatic heterocycles. The Bertz CT molecular complexity index is 1230. The number of hydrogen-bond donors (Lipinski definition) is 1. The zero-order valence-electron chi connectivity index (χ0n) is 18.2. The van der Waals surface area contributed by atoms with Crippen LogP contribution in [0.4, 0.5) is 5.69 Å². The summed E-state index contributed by atoms with van der Waals surface area (Å²) in [6.45, 7) is 2.11. The van der Waals surface area contributed by atoms with Crippen molar-refractivity contribution >= 4 is 34.4 Å². The summed E-state index contributed by atoms with van der Waals surface area (Å²) in [6, 6.07) is 23.6. The summed E-state index contributed by atoms with van der Waals surface area (Å²) < 4.78 is 5.51. The van der Waals surface area contributed by atoms with Gasteiger partial charge in [0.1, 0.15) is 10.8 Å². The van der Waals surface area contributed by atoms with Crippen LogP contribution in [0.25, 0.3) is 11.0 Å². The van der Waals surface area contributed by atoms with Crippen LogP contribution in [0.15, 0.2) is 77.8 Å². The molecule has 162 valence electrons. The third-order valence-electron chi connectivity index (χ3n) is 5.14. The lowest BCUT2D eigenvalue weighted by atomic mass is 10.1. The van der Waals surface area contributed by atoms with Crippen molar-refractivity contribution in [2.24, 2.45) is 0 Å². The van der Waals surface area contributed by atoms with Gasteiger partial charge in [-0.2, -0.15) is 0 Å². The molecule has 0 aliphatic rings. The number of fused-ring (bicyclic) bond motifs is 1. The molecule has 1 heterocycles. The van der Waals surface area contributed by atoms with Crippen molar-refractivity contribution in [3.8, 4) is 5.75 Å². The Balaban J connectivity index is 1.54. The number of benzene rings is 3. The molecule has 1 N–H and O–H groups in total. The van der Waals surface area contributed by atoms with Gasteiger partial charge in [0.05, 0.1) is 29.6 Å². The first-order valence-corrected chi connectivity index (χ1v) is 11.5. The highest BCUT2D eigenvalue weighted by molar-refractivity contribution is 8.00. The maximum atomic E-state index is 12.6. The molecule has 6 heteroatoms. The molecule has 0 aliphatic carbocycles. The summed E-state index contributed by atoms with van der Waals surface area (Å²) in [5.74, 6) is 0.991. The van der Waals surface area contributed by atoms with Gasteiger partial charge in [-0.15, -0.1) is 0 Å². The lowest BCUT2D eigenvalue weighted by molar-refractivity contribution is -0.113. The van der Waals surface area contributed by atoms with E-state index in [1.807, 2.05) is 72.8 Å². The van der Waals surface area contributed by atoms with Gasteiger partial charge >= 0.3 is 0 Å². The number of ether oxygens (including phenoxy) is 1. The van der Waals surface area contributed by atoms with Crippen molar-refractivity contribution in [1.29, 1.82) is 0 Å². The second kappa shape index (κ2) is 10.3. The molecule has 0 saturated carbocycles. The van der Waals surface area contributed by atoms with Crippen molar-refractivity contribution in [2.75, 3.05) is 18.2 Å². The predicted octanol–water partition coefficient (Wildman–Crippen LogP) is 5.52. The minimum absolute atomic E-state index is 0.0718. The molecule has 1 aromatic heterocycles. The molecular weight excluding hydrogens is 418 g/mol. The van der Waals surface area contributed by atoms with Crippen molar-refractivity contribution in [1.82, 2.24) is 9.97 Å². The number of rotatable bonds is 8. The summed E-state index contributed by atoms with van der Waals surface area (Å²) in [4.78, 5) is 22.2. The first-order chi connectivity index (χ1) is 15.7. The topological polar surface area (TPSA) is 64.1 Å². The molecular formula is C26H25N3O2S. The van der Waals surface area contributed by atoms with E-state index in [9.17, 15) is 4.79 Å². The molecule has 4 aromatic rings. The SMILES string of the molecule is CCc1ccc(NC(=O)CSc2nc3ccccc3nc2Cc2ccccc2OC)cc1. The molecule has 0 spiro atoms. The lowest BCUT2D eigenvalue weighted by Crippen LogP contribution is -2.14. The molecule has 0 radical (unpaired) electrons. The number of hydrogen-bond acceptors (Lipinski definition) is 5. The van der Waals surface area contributed by atoms with Crippen molar-refractivity contribution in [3.05, 3.63) is 89.6 Å². The van der Waals surface area contributed by atoms with Gasteiger partial charge in [-0.05, 0) is 42.3 Å². The van der Waals surface area contributed by atoms with E-state index in [-0.39, 0.29) is 11.7 Å². The van der Waals surface area contributed by atoms with Crippen LogP contribution in [-0.4, -0.2) is 28.7 Å². The van der Waals surface area contributed by atoms with Crippen molar-refractivity contribution < 1.29 is 9.53 Å². The van der Waals surface area contributed by atoms with Crippen molar-refractivity contribution in [2.45, 2.75) is 24.8 Å². The molecule has 32 heavy (non-hydrogen) atoms. The van der Waals surface area contributed by atoms with Gasteiger partial charge in [-0.25, -0.2) is 9.97 Å². The summed E-state index contributed by atoms with van der Waals surface area (Å²) in [5.41, 5.74) is 5.55. The summed E-state index contributed by atoms with van der Waals surface area (Å²) in [6.07, 6.45) is 1.55. The number of amides is 1. The Kier molecular flexibility index (Phi) is 7.02. The lowest BCUT2D eigenvalue weighted by Gasteiger charge is -2.12. The number of thioether (sulfide) groups is 1. The first-order valence-electron chi connectivity index (χ1n) is 10.6. The van der Waals surface area contributed by atoms with Crippen LogP contribution in [-0.2, 0) is 17.6 Å². The first kappa shape index (κ1) is 21.8. The second-order valence-electron chi connectivity index (χ2n) is 7.34. The maximum absolute atomic E-state index is 12.6. The van der Waals surface area contributed by atoms with E-state index >= 15 is 0 Å². The summed E-state index contributed by atoms with van der Waals surface area (Å²) >= 11 is 1.40. The van der Waals surface area contributed by atoms with Crippen LogP contribution in [0.5, 0.6) is 5.75 Å². The van der Waals surface area contributed by atoms with Gasteiger partial charge in [0.2, 0.25) is 5.91 Å². The molecule has 3 aromatic carbocycles.